The van der Waals surface area contributed by atoms with E-state index in [9.17, 15) is 8.42 Å². The number of sulfone groups is 1. The van der Waals surface area contributed by atoms with Crippen molar-refractivity contribution in [2.45, 2.75) is 49.7 Å². The molecule has 1 aromatic rings. The van der Waals surface area contributed by atoms with Gasteiger partial charge in [0, 0.05) is 12.8 Å². The molecule has 0 saturated heterocycles. The van der Waals surface area contributed by atoms with Crippen molar-refractivity contribution in [3.05, 3.63) is 11.7 Å². The first-order valence-electron chi connectivity index (χ1n) is 6.62. The number of nitrogens with zero attached hydrogens (tertiary/aromatic N) is 2. The van der Waals surface area contributed by atoms with E-state index in [2.05, 4.69) is 10.1 Å². The highest BCUT2D eigenvalue weighted by Crippen LogP contribution is 2.38. The third kappa shape index (κ3) is 2.81. The molecule has 0 amide bonds. The highest BCUT2D eigenvalue weighted by Gasteiger charge is 2.38. The van der Waals surface area contributed by atoms with Crippen molar-refractivity contribution >= 4 is 9.84 Å². The zero-order valence-corrected chi connectivity index (χ0v) is 12.2. The number of rotatable bonds is 4. The summed E-state index contributed by atoms with van der Waals surface area (Å²) in [6.45, 7) is 2.03. The molecule has 2 rings (SSSR count). The van der Waals surface area contributed by atoms with Crippen molar-refractivity contribution in [2.75, 3.05) is 12.8 Å². The first kappa shape index (κ1) is 14.5. The molecule has 1 unspecified atom stereocenters. The Hall–Kier alpha value is -0.950. The number of nitrogens with two attached hydrogens (primary N) is 1. The van der Waals surface area contributed by atoms with Crippen molar-refractivity contribution in [1.29, 1.82) is 0 Å². The first-order chi connectivity index (χ1) is 8.89. The van der Waals surface area contributed by atoms with E-state index in [-0.39, 0.29) is 11.2 Å². The van der Waals surface area contributed by atoms with Crippen LogP contribution in [0.15, 0.2) is 4.52 Å². The molecule has 0 bridgehead atoms. The van der Waals surface area contributed by atoms with Crippen molar-refractivity contribution in [2.24, 2.45) is 5.73 Å². The van der Waals surface area contributed by atoms with Gasteiger partial charge >= 0.3 is 0 Å². The summed E-state index contributed by atoms with van der Waals surface area (Å²) in [5.74, 6) is 0.732. The predicted octanol–water partition coefficient (Wildman–Crippen LogP) is 1.34. The maximum atomic E-state index is 11.5. The van der Waals surface area contributed by atoms with Gasteiger partial charge in [0.25, 0.3) is 0 Å². The molecule has 1 aromatic heterocycles. The molecule has 1 fully saturated rings. The van der Waals surface area contributed by atoms with Gasteiger partial charge < -0.3 is 10.3 Å². The Kier molecular flexibility index (Phi) is 3.96. The van der Waals surface area contributed by atoms with Crippen LogP contribution in [-0.4, -0.2) is 31.4 Å². The van der Waals surface area contributed by atoms with Gasteiger partial charge in [0.15, 0.2) is 15.7 Å². The highest BCUT2D eigenvalue weighted by atomic mass is 32.2. The van der Waals surface area contributed by atoms with Gasteiger partial charge in [-0.25, -0.2) is 8.42 Å². The summed E-state index contributed by atoms with van der Waals surface area (Å²) < 4.78 is 28.3. The van der Waals surface area contributed by atoms with Gasteiger partial charge in [-0.3, -0.25) is 0 Å². The fourth-order valence-electron chi connectivity index (χ4n) is 2.54. The van der Waals surface area contributed by atoms with Crippen LogP contribution in [0, 0.1) is 0 Å². The van der Waals surface area contributed by atoms with E-state index in [1.165, 1.54) is 12.7 Å². The van der Waals surface area contributed by atoms with Crippen molar-refractivity contribution in [1.82, 2.24) is 10.1 Å². The third-order valence-electron chi connectivity index (χ3n) is 4.10. The average Bonchev–Trinajstić information content (AvgIpc) is 2.87. The Bertz CT molecular complexity index is 532. The van der Waals surface area contributed by atoms with Crippen LogP contribution < -0.4 is 5.73 Å². The van der Waals surface area contributed by atoms with Crippen LogP contribution in [0.1, 0.15) is 56.0 Å². The van der Waals surface area contributed by atoms with Gasteiger partial charge in [-0.1, -0.05) is 24.4 Å². The maximum Gasteiger partial charge on any atom is 0.234 e. The Labute approximate surface area is 113 Å². The summed E-state index contributed by atoms with van der Waals surface area (Å²) in [5.41, 5.74) is 5.63. The van der Waals surface area contributed by atoms with Crippen LogP contribution in [0.25, 0.3) is 0 Å². The minimum atomic E-state index is -3.22. The summed E-state index contributed by atoms with van der Waals surface area (Å²) >= 11 is 0. The number of hydrogen-bond acceptors (Lipinski definition) is 6. The Morgan fingerprint density at radius 3 is 2.53 bits per heavy atom. The Morgan fingerprint density at radius 2 is 2.00 bits per heavy atom. The van der Waals surface area contributed by atoms with Crippen molar-refractivity contribution in [3.63, 3.8) is 0 Å². The molecule has 2 N–H and O–H groups in total. The van der Waals surface area contributed by atoms with Crippen LogP contribution in [0.2, 0.25) is 0 Å². The minimum absolute atomic E-state index is 0.232. The molecule has 0 spiro atoms. The first-order valence-corrected chi connectivity index (χ1v) is 8.57. The van der Waals surface area contributed by atoms with Gasteiger partial charge in [-0.2, -0.15) is 4.98 Å². The minimum Gasteiger partial charge on any atom is -0.339 e. The second kappa shape index (κ2) is 5.20. The van der Waals surface area contributed by atoms with Gasteiger partial charge in [0.2, 0.25) is 5.89 Å². The van der Waals surface area contributed by atoms with Crippen LogP contribution >= 0.6 is 0 Å². The smallest absolute Gasteiger partial charge is 0.234 e. The molecular weight excluding hydrogens is 266 g/mol. The molecule has 1 saturated carbocycles. The summed E-state index contributed by atoms with van der Waals surface area (Å²) in [6, 6.07) is 0. The molecule has 1 aliphatic rings. The predicted molar refractivity (Wildman–Crippen MR) is 71.4 cm³/mol. The fraction of sp³-hybridized carbons (Fsp3) is 0.833. The lowest BCUT2D eigenvalue weighted by Gasteiger charge is -2.32. The SMILES string of the molecule is CC(c1noc(C2(CN)CCCCC2)n1)S(C)(=O)=O. The Balaban J connectivity index is 2.29. The number of hydrogen-bond donors (Lipinski definition) is 1. The summed E-state index contributed by atoms with van der Waals surface area (Å²) in [7, 11) is -3.22. The van der Waals surface area contributed by atoms with E-state index >= 15 is 0 Å². The van der Waals surface area contributed by atoms with Crippen LogP contribution in [0.4, 0.5) is 0 Å². The standard InChI is InChI=1S/C12H21N3O3S/c1-9(19(2,16)17)10-14-11(18-15-10)12(8-13)6-4-3-5-7-12/h9H,3-8,13H2,1-2H3. The number of aromatic nitrogens is 2. The quantitative estimate of drug-likeness (QED) is 0.897. The van der Waals surface area contributed by atoms with E-state index in [1.54, 1.807) is 6.92 Å². The second-order valence-corrected chi connectivity index (χ2v) is 7.84. The zero-order valence-electron chi connectivity index (χ0n) is 11.4. The summed E-state index contributed by atoms with van der Waals surface area (Å²) in [4.78, 5) is 4.31. The molecule has 108 valence electrons. The summed E-state index contributed by atoms with van der Waals surface area (Å²) in [5, 5.41) is 3.08. The van der Waals surface area contributed by atoms with Gasteiger partial charge in [-0.05, 0) is 19.8 Å². The maximum absolute atomic E-state index is 11.5. The van der Waals surface area contributed by atoms with Crippen LogP contribution in [0.5, 0.6) is 0 Å². The van der Waals surface area contributed by atoms with Crippen LogP contribution in [-0.2, 0) is 15.3 Å². The summed E-state index contributed by atoms with van der Waals surface area (Å²) in [6.07, 6.45) is 6.42. The zero-order chi connectivity index (χ0) is 14.1. The molecule has 1 atom stereocenters. The van der Waals surface area contributed by atoms with E-state index < -0.39 is 15.1 Å². The molecule has 19 heavy (non-hydrogen) atoms. The van der Waals surface area contributed by atoms with E-state index in [0.717, 1.165) is 25.7 Å². The normalized spacial score (nSPS) is 21.2. The van der Waals surface area contributed by atoms with Crippen molar-refractivity contribution in [3.8, 4) is 0 Å². The Morgan fingerprint density at radius 1 is 1.37 bits per heavy atom. The van der Waals surface area contributed by atoms with E-state index in [1.807, 2.05) is 0 Å². The second-order valence-electron chi connectivity index (χ2n) is 5.47. The highest BCUT2D eigenvalue weighted by molar-refractivity contribution is 7.90. The molecule has 0 aromatic carbocycles. The largest absolute Gasteiger partial charge is 0.339 e. The lowest BCUT2D eigenvalue weighted by atomic mass is 9.74. The van der Waals surface area contributed by atoms with Gasteiger partial charge in [0.05, 0.1) is 5.41 Å². The lowest BCUT2D eigenvalue weighted by molar-refractivity contribution is 0.219. The molecule has 6 nitrogen and oxygen atoms in total. The van der Waals surface area contributed by atoms with E-state index in [4.69, 9.17) is 10.3 Å². The van der Waals surface area contributed by atoms with Gasteiger partial charge in [0.1, 0.15) is 5.25 Å². The molecular formula is C12H21N3O3S. The molecule has 1 aliphatic carbocycles. The molecule has 7 heteroatoms. The lowest BCUT2D eigenvalue weighted by Crippen LogP contribution is -2.37. The molecule has 1 heterocycles. The van der Waals surface area contributed by atoms with Crippen LogP contribution in [0.3, 0.4) is 0 Å². The van der Waals surface area contributed by atoms with E-state index in [0.29, 0.717) is 12.4 Å². The monoisotopic (exact) mass is 287 g/mol. The van der Waals surface area contributed by atoms with Gasteiger partial charge in [-0.15, -0.1) is 0 Å². The van der Waals surface area contributed by atoms with Crippen molar-refractivity contribution < 1.29 is 12.9 Å². The fourth-order valence-corrected chi connectivity index (χ4v) is 3.02. The topological polar surface area (TPSA) is 99.1 Å². The third-order valence-corrected chi connectivity index (χ3v) is 5.60. The average molecular weight is 287 g/mol. The molecule has 0 aliphatic heterocycles. The molecule has 0 radical (unpaired) electrons.